The van der Waals surface area contributed by atoms with Gasteiger partial charge in [0.2, 0.25) is 0 Å². The summed E-state index contributed by atoms with van der Waals surface area (Å²) in [5, 5.41) is 12.2. The number of aliphatic hydroxyl groups is 1. The molecule has 1 fully saturated rings. The van der Waals surface area contributed by atoms with Crippen molar-refractivity contribution in [2.45, 2.75) is 51.2 Å². The Morgan fingerprint density at radius 1 is 1.57 bits per heavy atom. The standard InChI is InChI=1S/C10H21N3O/c1-8(14)6-7-12-10(11)13-9-4-2-3-5-9/h8-9,14H,2-7H2,1H3,(H3,11,12,13). The zero-order chi connectivity index (χ0) is 10.4. The van der Waals surface area contributed by atoms with Crippen LogP contribution in [0.2, 0.25) is 0 Å². The van der Waals surface area contributed by atoms with Crippen LogP contribution in [0.1, 0.15) is 39.0 Å². The van der Waals surface area contributed by atoms with Gasteiger partial charge in [-0.3, -0.25) is 4.99 Å². The zero-order valence-electron chi connectivity index (χ0n) is 8.87. The molecule has 14 heavy (non-hydrogen) atoms. The Kier molecular flexibility index (Phi) is 4.73. The lowest BCUT2D eigenvalue weighted by molar-refractivity contribution is 0.187. The zero-order valence-corrected chi connectivity index (χ0v) is 8.87. The smallest absolute Gasteiger partial charge is 0.188 e. The van der Waals surface area contributed by atoms with Crippen molar-refractivity contribution in [2.75, 3.05) is 6.54 Å². The topological polar surface area (TPSA) is 70.6 Å². The number of hydrogen-bond acceptors (Lipinski definition) is 2. The molecule has 4 nitrogen and oxygen atoms in total. The van der Waals surface area contributed by atoms with Gasteiger partial charge in [-0.2, -0.15) is 0 Å². The van der Waals surface area contributed by atoms with Crippen LogP contribution >= 0.6 is 0 Å². The van der Waals surface area contributed by atoms with Crippen LogP contribution in [0.3, 0.4) is 0 Å². The van der Waals surface area contributed by atoms with Gasteiger partial charge in [0.1, 0.15) is 0 Å². The molecule has 0 saturated heterocycles. The Morgan fingerprint density at radius 2 is 2.21 bits per heavy atom. The summed E-state index contributed by atoms with van der Waals surface area (Å²) in [6.45, 7) is 2.36. The largest absolute Gasteiger partial charge is 0.393 e. The van der Waals surface area contributed by atoms with E-state index in [1.807, 2.05) is 0 Å². The third kappa shape index (κ3) is 4.46. The monoisotopic (exact) mass is 199 g/mol. The van der Waals surface area contributed by atoms with Gasteiger partial charge in [-0.15, -0.1) is 0 Å². The van der Waals surface area contributed by atoms with E-state index in [0.29, 0.717) is 25.0 Å². The molecule has 1 unspecified atom stereocenters. The van der Waals surface area contributed by atoms with Crippen molar-refractivity contribution >= 4 is 5.96 Å². The minimum Gasteiger partial charge on any atom is -0.393 e. The number of hydrogen-bond donors (Lipinski definition) is 3. The van der Waals surface area contributed by atoms with E-state index in [1.165, 1.54) is 25.7 Å². The van der Waals surface area contributed by atoms with E-state index < -0.39 is 0 Å². The van der Waals surface area contributed by atoms with Crippen molar-refractivity contribution in [2.24, 2.45) is 10.7 Å². The van der Waals surface area contributed by atoms with E-state index >= 15 is 0 Å². The minimum absolute atomic E-state index is 0.293. The van der Waals surface area contributed by atoms with Crippen LogP contribution in [0.15, 0.2) is 4.99 Å². The third-order valence-electron chi connectivity index (χ3n) is 2.54. The first-order valence-electron chi connectivity index (χ1n) is 5.43. The van der Waals surface area contributed by atoms with Crippen LogP contribution in [0.4, 0.5) is 0 Å². The van der Waals surface area contributed by atoms with Crippen LogP contribution in [0.25, 0.3) is 0 Å². The Labute approximate surface area is 85.6 Å². The molecule has 0 spiro atoms. The minimum atomic E-state index is -0.293. The van der Waals surface area contributed by atoms with Gasteiger partial charge in [0, 0.05) is 12.6 Å². The van der Waals surface area contributed by atoms with Crippen molar-refractivity contribution < 1.29 is 5.11 Å². The van der Waals surface area contributed by atoms with Crippen molar-refractivity contribution in [3.63, 3.8) is 0 Å². The first-order valence-corrected chi connectivity index (χ1v) is 5.43. The maximum atomic E-state index is 9.02. The Balaban J connectivity index is 2.15. The molecule has 0 bridgehead atoms. The highest BCUT2D eigenvalue weighted by Gasteiger charge is 2.14. The number of nitrogens with two attached hydrogens (primary N) is 1. The van der Waals surface area contributed by atoms with E-state index in [9.17, 15) is 0 Å². The fourth-order valence-electron chi connectivity index (χ4n) is 1.70. The molecule has 0 radical (unpaired) electrons. The predicted molar refractivity (Wildman–Crippen MR) is 58.2 cm³/mol. The predicted octanol–water partition coefficient (Wildman–Crippen LogP) is 0.604. The van der Waals surface area contributed by atoms with Crippen LogP contribution in [0.5, 0.6) is 0 Å². The number of nitrogens with one attached hydrogen (secondary N) is 1. The van der Waals surface area contributed by atoms with Gasteiger partial charge < -0.3 is 16.2 Å². The van der Waals surface area contributed by atoms with E-state index in [4.69, 9.17) is 10.8 Å². The van der Waals surface area contributed by atoms with Crippen molar-refractivity contribution in [1.82, 2.24) is 5.32 Å². The Morgan fingerprint density at radius 3 is 2.79 bits per heavy atom. The number of aliphatic hydroxyl groups excluding tert-OH is 1. The van der Waals surface area contributed by atoms with Crippen LogP contribution in [0, 0.1) is 0 Å². The summed E-state index contributed by atoms with van der Waals surface area (Å²) in [6, 6.07) is 0.519. The Bertz CT molecular complexity index is 186. The molecule has 82 valence electrons. The summed E-state index contributed by atoms with van der Waals surface area (Å²) < 4.78 is 0. The highest BCUT2D eigenvalue weighted by Crippen LogP contribution is 2.17. The normalized spacial score (nSPS) is 21.1. The lowest BCUT2D eigenvalue weighted by atomic mass is 10.2. The van der Waals surface area contributed by atoms with Crippen molar-refractivity contribution in [3.05, 3.63) is 0 Å². The summed E-state index contributed by atoms with van der Waals surface area (Å²) in [5.41, 5.74) is 5.70. The lowest BCUT2D eigenvalue weighted by Crippen LogP contribution is -2.38. The summed E-state index contributed by atoms with van der Waals surface area (Å²) in [6.07, 6.45) is 5.36. The number of rotatable bonds is 4. The van der Waals surface area contributed by atoms with E-state index in [-0.39, 0.29) is 6.10 Å². The molecule has 0 aromatic carbocycles. The highest BCUT2D eigenvalue weighted by atomic mass is 16.3. The van der Waals surface area contributed by atoms with Gasteiger partial charge in [-0.1, -0.05) is 12.8 Å². The van der Waals surface area contributed by atoms with Gasteiger partial charge >= 0.3 is 0 Å². The second-order valence-electron chi connectivity index (χ2n) is 4.03. The van der Waals surface area contributed by atoms with Crippen molar-refractivity contribution in [3.8, 4) is 0 Å². The van der Waals surface area contributed by atoms with E-state index in [1.54, 1.807) is 6.92 Å². The fraction of sp³-hybridized carbons (Fsp3) is 0.900. The first kappa shape index (κ1) is 11.3. The molecule has 0 amide bonds. The maximum Gasteiger partial charge on any atom is 0.188 e. The second-order valence-corrected chi connectivity index (χ2v) is 4.03. The SMILES string of the molecule is CC(O)CCN=C(N)NC1CCCC1. The maximum absolute atomic E-state index is 9.02. The number of guanidine groups is 1. The molecule has 1 saturated carbocycles. The molecule has 1 atom stereocenters. The van der Waals surface area contributed by atoms with Crippen LogP contribution in [-0.4, -0.2) is 29.8 Å². The van der Waals surface area contributed by atoms with E-state index in [2.05, 4.69) is 10.3 Å². The molecular formula is C10H21N3O. The molecular weight excluding hydrogens is 178 g/mol. The second kappa shape index (κ2) is 5.86. The summed E-state index contributed by atoms with van der Waals surface area (Å²) in [7, 11) is 0. The van der Waals surface area contributed by atoms with Gasteiger partial charge in [-0.25, -0.2) is 0 Å². The number of nitrogens with zero attached hydrogens (tertiary/aromatic N) is 1. The van der Waals surface area contributed by atoms with Crippen LogP contribution < -0.4 is 11.1 Å². The average Bonchev–Trinajstić information content (AvgIpc) is 2.56. The molecule has 1 aliphatic carbocycles. The molecule has 4 heteroatoms. The van der Waals surface area contributed by atoms with Gasteiger partial charge in [-0.05, 0) is 26.2 Å². The molecule has 0 aromatic rings. The summed E-state index contributed by atoms with van der Waals surface area (Å²) in [4.78, 5) is 4.15. The first-order chi connectivity index (χ1) is 6.68. The van der Waals surface area contributed by atoms with Crippen LogP contribution in [-0.2, 0) is 0 Å². The molecule has 0 heterocycles. The molecule has 1 rings (SSSR count). The Hall–Kier alpha value is -0.770. The molecule has 0 aliphatic heterocycles. The van der Waals surface area contributed by atoms with Gasteiger partial charge in [0.05, 0.1) is 6.10 Å². The summed E-state index contributed by atoms with van der Waals surface area (Å²) >= 11 is 0. The molecule has 4 N–H and O–H groups in total. The molecule has 0 aromatic heterocycles. The highest BCUT2D eigenvalue weighted by molar-refractivity contribution is 5.78. The average molecular weight is 199 g/mol. The van der Waals surface area contributed by atoms with Gasteiger partial charge in [0.15, 0.2) is 5.96 Å². The molecule has 1 aliphatic rings. The fourth-order valence-corrected chi connectivity index (χ4v) is 1.70. The summed E-state index contributed by atoms with van der Waals surface area (Å²) in [5.74, 6) is 0.526. The van der Waals surface area contributed by atoms with Crippen molar-refractivity contribution in [1.29, 1.82) is 0 Å². The number of aliphatic imine (C=N–C) groups is 1. The van der Waals surface area contributed by atoms with Gasteiger partial charge in [0.25, 0.3) is 0 Å². The lowest BCUT2D eigenvalue weighted by Gasteiger charge is -2.12. The third-order valence-corrected chi connectivity index (χ3v) is 2.54. The van der Waals surface area contributed by atoms with E-state index in [0.717, 1.165) is 0 Å². The quantitative estimate of drug-likeness (QED) is 0.459.